The largest absolute Gasteiger partial charge is 0.371 e. The highest BCUT2D eigenvalue weighted by Crippen LogP contribution is 2.40. The average Bonchev–Trinajstić information content (AvgIpc) is 2.94. The monoisotopic (exact) mass is 294 g/mol. The summed E-state index contributed by atoms with van der Waals surface area (Å²) < 4.78 is 7.37. The van der Waals surface area contributed by atoms with Gasteiger partial charge in [0.15, 0.2) is 0 Å². The second kappa shape index (κ2) is 4.05. The van der Waals surface area contributed by atoms with Crippen LogP contribution in [-0.2, 0) is 4.74 Å². The molecule has 0 atom stereocenters. The molecule has 0 unspecified atom stereocenters. The van der Waals surface area contributed by atoms with E-state index in [4.69, 9.17) is 4.74 Å². The number of hydrogen-bond donors (Lipinski definition) is 0. The minimum atomic E-state index is 0.272. The lowest BCUT2D eigenvalue weighted by Crippen LogP contribution is -2.39. The molecule has 2 rings (SSSR count). The number of rotatable bonds is 3. The fraction of sp³-hybridized carbons (Fsp3) is 1.00. The van der Waals surface area contributed by atoms with Crippen molar-refractivity contribution in [3.05, 3.63) is 0 Å². The van der Waals surface area contributed by atoms with E-state index < -0.39 is 0 Å². The van der Waals surface area contributed by atoms with Crippen molar-refractivity contribution in [2.24, 2.45) is 5.92 Å². The summed E-state index contributed by atoms with van der Waals surface area (Å²) in [5.74, 6) is 0.930. The standard InChI is InChI=1S/C11H19IO/c1-9-4-6-11(8-12,7-5-9)13-10-2-3-10/h9-10H,2-8H2,1H3. The van der Waals surface area contributed by atoms with Gasteiger partial charge in [0.1, 0.15) is 0 Å². The van der Waals surface area contributed by atoms with Gasteiger partial charge in [-0.15, -0.1) is 0 Å². The molecular formula is C11H19IO. The van der Waals surface area contributed by atoms with Crippen molar-refractivity contribution in [1.82, 2.24) is 0 Å². The summed E-state index contributed by atoms with van der Waals surface area (Å²) in [4.78, 5) is 0. The second-order valence-corrected chi connectivity index (χ2v) is 5.58. The summed E-state index contributed by atoms with van der Waals surface area (Å²) in [7, 11) is 0. The molecule has 0 N–H and O–H groups in total. The first-order chi connectivity index (χ1) is 6.24. The van der Waals surface area contributed by atoms with Crippen molar-refractivity contribution in [2.45, 2.75) is 57.2 Å². The first-order valence-electron chi connectivity index (χ1n) is 5.48. The van der Waals surface area contributed by atoms with Crippen LogP contribution in [0.3, 0.4) is 0 Å². The van der Waals surface area contributed by atoms with Gasteiger partial charge < -0.3 is 4.74 Å². The Bertz CT molecular complexity index is 169. The van der Waals surface area contributed by atoms with E-state index in [1.807, 2.05) is 0 Å². The summed E-state index contributed by atoms with van der Waals surface area (Å²) in [6, 6.07) is 0. The van der Waals surface area contributed by atoms with Crippen molar-refractivity contribution in [3.8, 4) is 0 Å². The quantitative estimate of drug-likeness (QED) is 0.571. The Balaban J connectivity index is 1.89. The van der Waals surface area contributed by atoms with Crippen molar-refractivity contribution >= 4 is 22.6 Å². The Morgan fingerprint density at radius 1 is 1.23 bits per heavy atom. The number of alkyl halides is 1. The molecule has 0 aliphatic heterocycles. The third-order valence-electron chi connectivity index (χ3n) is 3.37. The van der Waals surface area contributed by atoms with Gasteiger partial charge in [0, 0.05) is 4.43 Å². The number of ether oxygens (including phenoxy) is 1. The van der Waals surface area contributed by atoms with Gasteiger partial charge in [-0.25, -0.2) is 0 Å². The van der Waals surface area contributed by atoms with E-state index in [1.54, 1.807) is 0 Å². The first-order valence-corrected chi connectivity index (χ1v) is 7.00. The van der Waals surface area contributed by atoms with E-state index in [0.29, 0.717) is 6.10 Å². The third-order valence-corrected chi connectivity index (χ3v) is 4.76. The molecule has 2 saturated carbocycles. The molecule has 0 bridgehead atoms. The van der Waals surface area contributed by atoms with Gasteiger partial charge in [-0.3, -0.25) is 0 Å². The Morgan fingerprint density at radius 2 is 1.85 bits per heavy atom. The molecule has 0 aromatic carbocycles. The molecule has 0 aromatic rings. The van der Waals surface area contributed by atoms with Gasteiger partial charge in [-0.1, -0.05) is 29.5 Å². The highest BCUT2D eigenvalue weighted by atomic mass is 127. The lowest BCUT2D eigenvalue weighted by Gasteiger charge is -2.38. The SMILES string of the molecule is CC1CCC(CI)(OC2CC2)CC1. The highest BCUT2D eigenvalue weighted by molar-refractivity contribution is 14.1. The molecule has 0 aromatic heterocycles. The fourth-order valence-electron chi connectivity index (χ4n) is 2.11. The first kappa shape index (κ1) is 10.2. The van der Waals surface area contributed by atoms with Crippen LogP contribution in [0.1, 0.15) is 45.4 Å². The molecule has 2 heteroatoms. The van der Waals surface area contributed by atoms with E-state index in [0.717, 1.165) is 5.92 Å². The number of halogens is 1. The second-order valence-electron chi connectivity index (χ2n) is 4.82. The summed E-state index contributed by atoms with van der Waals surface area (Å²) in [5, 5.41) is 0. The van der Waals surface area contributed by atoms with Gasteiger partial charge in [-0.2, -0.15) is 0 Å². The fourth-order valence-corrected chi connectivity index (χ4v) is 3.05. The maximum absolute atomic E-state index is 6.18. The molecule has 76 valence electrons. The summed E-state index contributed by atoms with van der Waals surface area (Å²) in [6.07, 6.45) is 8.59. The maximum atomic E-state index is 6.18. The average molecular weight is 294 g/mol. The van der Waals surface area contributed by atoms with Crippen LogP contribution in [0.4, 0.5) is 0 Å². The molecule has 0 heterocycles. The number of hydrogen-bond acceptors (Lipinski definition) is 1. The Labute approximate surface area is 94.8 Å². The minimum absolute atomic E-state index is 0.272. The minimum Gasteiger partial charge on any atom is -0.371 e. The van der Waals surface area contributed by atoms with Gasteiger partial charge in [0.05, 0.1) is 11.7 Å². The van der Waals surface area contributed by atoms with Crippen LogP contribution in [0.5, 0.6) is 0 Å². The van der Waals surface area contributed by atoms with Gasteiger partial charge in [0.2, 0.25) is 0 Å². The molecule has 0 spiro atoms. The van der Waals surface area contributed by atoms with Crippen molar-refractivity contribution in [1.29, 1.82) is 0 Å². The van der Waals surface area contributed by atoms with Gasteiger partial charge in [-0.05, 0) is 44.4 Å². The maximum Gasteiger partial charge on any atom is 0.0775 e. The highest BCUT2D eigenvalue weighted by Gasteiger charge is 2.39. The van der Waals surface area contributed by atoms with Crippen molar-refractivity contribution < 1.29 is 4.74 Å². The van der Waals surface area contributed by atoms with Gasteiger partial charge in [0.25, 0.3) is 0 Å². The Morgan fingerprint density at radius 3 is 2.31 bits per heavy atom. The molecule has 13 heavy (non-hydrogen) atoms. The molecular weight excluding hydrogens is 275 g/mol. The van der Waals surface area contributed by atoms with Crippen LogP contribution >= 0.6 is 22.6 Å². The van der Waals surface area contributed by atoms with E-state index in [1.165, 1.54) is 43.0 Å². The molecule has 2 fully saturated rings. The Kier molecular flexibility index (Phi) is 3.18. The van der Waals surface area contributed by atoms with Gasteiger partial charge >= 0.3 is 0 Å². The van der Waals surface area contributed by atoms with Crippen molar-refractivity contribution in [3.63, 3.8) is 0 Å². The normalized spacial score (nSPS) is 40.6. The smallest absolute Gasteiger partial charge is 0.0775 e. The molecule has 0 saturated heterocycles. The predicted molar refractivity (Wildman–Crippen MR) is 63.4 cm³/mol. The zero-order valence-corrected chi connectivity index (χ0v) is 10.5. The topological polar surface area (TPSA) is 9.23 Å². The summed E-state index contributed by atoms with van der Waals surface area (Å²) >= 11 is 2.50. The Hall–Kier alpha value is 0.690. The van der Waals surface area contributed by atoms with Crippen LogP contribution in [-0.4, -0.2) is 16.1 Å². The summed E-state index contributed by atoms with van der Waals surface area (Å²) in [6.45, 7) is 2.37. The third kappa shape index (κ3) is 2.58. The molecule has 1 nitrogen and oxygen atoms in total. The summed E-state index contributed by atoms with van der Waals surface area (Å²) in [5.41, 5.74) is 0.272. The van der Waals surface area contributed by atoms with E-state index >= 15 is 0 Å². The molecule has 0 radical (unpaired) electrons. The molecule has 2 aliphatic carbocycles. The van der Waals surface area contributed by atoms with Crippen LogP contribution in [0.15, 0.2) is 0 Å². The van der Waals surface area contributed by atoms with Crippen LogP contribution in [0.25, 0.3) is 0 Å². The lowest BCUT2D eigenvalue weighted by molar-refractivity contribution is -0.0675. The van der Waals surface area contributed by atoms with Crippen LogP contribution in [0.2, 0.25) is 0 Å². The van der Waals surface area contributed by atoms with E-state index in [2.05, 4.69) is 29.5 Å². The zero-order valence-electron chi connectivity index (χ0n) is 8.39. The molecule has 2 aliphatic rings. The predicted octanol–water partition coefficient (Wildman–Crippen LogP) is 3.55. The lowest BCUT2D eigenvalue weighted by atomic mass is 9.80. The van der Waals surface area contributed by atoms with E-state index in [-0.39, 0.29) is 5.60 Å². The van der Waals surface area contributed by atoms with Crippen LogP contribution < -0.4 is 0 Å². The zero-order chi connectivity index (χ0) is 9.31. The molecule has 0 amide bonds. The van der Waals surface area contributed by atoms with Crippen LogP contribution in [0, 0.1) is 5.92 Å². The van der Waals surface area contributed by atoms with Crippen molar-refractivity contribution in [2.75, 3.05) is 4.43 Å². The van der Waals surface area contributed by atoms with E-state index in [9.17, 15) is 0 Å².